The molecule has 6 nitrogen and oxygen atoms in total. The lowest BCUT2D eigenvalue weighted by Crippen LogP contribution is -2.62. The highest BCUT2D eigenvalue weighted by Gasteiger charge is 2.39. The zero-order chi connectivity index (χ0) is 26.2. The molecule has 2 heterocycles. The third-order valence-corrected chi connectivity index (χ3v) is 7.60. The maximum Gasteiger partial charge on any atom is 0.245 e. The van der Waals surface area contributed by atoms with Crippen LogP contribution in [0.4, 0.5) is 4.39 Å². The van der Waals surface area contributed by atoms with E-state index in [1.165, 1.54) is 12.1 Å². The molecule has 2 saturated heterocycles. The Labute approximate surface area is 217 Å². The van der Waals surface area contributed by atoms with Crippen molar-refractivity contribution in [2.24, 2.45) is 17.8 Å². The maximum absolute atomic E-state index is 13.7. The molecule has 2 amide bonds. The predicted molar refractivity (Wildman–Crippen MR) is 143 cm³/mol. The van der Waals surface area contributed by atoms with Crippen LogP contribution in [-0.4, -0.2) is 78.4 Å². The van der Waals surface area contributed by atoms with Gasteiger partial charge in [0.1, 0.15) is 11.9 Å². The molecule has 0 radical (unpaired) electrons. The van der Waals surface area contributed by atoms with Gasteiger partial charge in [0.05, 0.1) is 6.04 Å². The molecule has 3 rings (SSSR count). The lowest BCUT2D eigenvalue weighted by atomic mass is 9.91. The summed E-state index contributed by atoms with van der Waals surface area (Å²) >= 11 is 0. The van der Waals surface area contributed by atoms with Crippen LogP contribution in [-0.2, 0) is 16.1 Å². The van der Waals surface area contributed by atoms with Crippen LogP contribution in [0.2, 0.25) is 0 Å². The van der Waals surface area contributed by atoms with Crippen molar-refractivity contribution in [2.45, 2.75) is 78.4 Å². The Kier molecular flexibility index (Phi) is 10.7. The molecule has 0 aromatic heterocycles. The molecule has 2 fully saturated rings. The van der Waals surface area contributed by atoms with Crippen molar-refractivity contribution >= 4 is 11.8 Å². The number of halogens is 1. The van der Waals surface area contributed by atoms with E-state index in [1.54, 1.807) is 0 Å². The normalized spacial score (nSPS) is 20.6. The van der Waals surface area contributed by atoms with E-state index in [2.05, 4.69) is 45.0 Å². The van der Waals surface area contributed by atoms with E-state index in [0.29, 0.717) is 30.7 Å². The van der Waals surface area contributed by atoms with Crippen LogP contribution in [0.5, 0.6) is 0 Å². The van der Waals surface area contributed by atoms with E-state index in [-0.39, 0.29) is 29.7 Å². The van der Waals surface area contributed by atoms with Gasteiger partial charge in [-0.25, -0.2) is 4.39 Å². The van der Waals surface area contributed by atoms with Crippen molar-refractivity contribution in [3.8, 4) is 0 Å². The molecule has 0 aliphatic carbocycles. The Bertz CT molecular complexity index is 836. The molecule has 7 heteroatoms. The SMILES string of the molecule is CC(C)C[C@@H]1NCCN([C@@H](CC(C)C)C(=O)N2CCC(CCN(C)Cc3ccc(F)cc3)CC2)C1=O. The van der Waals surface area contributed by atoms with Crippen LogP contribution in [0.15, 0.2) is 24.3 Å². The van der Waals surface area contributed by atoms with Crippen molar-refractivity contribution in [1.29, 1.82) is 0 Å². The molecular formula is C29H47FN4O2. The van der Waals surface area contributed by atoms with Crippen LogP contribution in [0, 0.1) is 23.6 Å². The summed E-state index contributed by atoms with van der Waals surface area (Å²) in [5.41, 5.74) is 1.12. The predicted octanol–water partition coefficient (Wildman–Crippen LogP) is 4.15. The third-order valence-electron chi connectivity index (χ3n) is 7.60. The molecule has 36 heavy (non-hydrogen) atoms. The van der Waals surface area contributed by atoms with E-state index in [1.807, 2.05) is 21.9 Å². The number of rotatable bonds is 11. The number of carbonyl (C=O) groups is 2. The summed E-state index contributed by atoms with van der Waals surface area (Å²) in [7, 11) is 2.11. The van der Waals surface area contributed by atoms with Gasteiger partial charge in [0.25, 0.3) is 0 Å². The molecule has 1 aromatic carbocycles. The third kappa shape index (κ3) is 8.27. The van der Waals surface area contributed by atoms with E-state index in [4.69, 9.17) is 0 Å². The Morgan fingerprint density at radius 2 is 1.75 bits per heavy atom. The van der Waals surface area contributed by atoms with Crippen molar-refractivity contribution in [1.82, 2.24) is 20.0 Å². The van der Waals surface area contributed by atoms with E-state index < -0.39 is 0 Å². The average molecular weight is 503 g/mol. The first-order valence-corrected chi connectivity index (χ1v) is 13.9. The summed E-state index contributed by atoms with van der Waals surface area (Å²) < 4.78 is 13.1. The highest BCUT2D eigenvalue weighted by atomic mass is 19.1. The number of carbonyl (C=O) groups excluding carboxylic acids is 2. The van der Waals surface area contributed by atoms with Crippen LogP contribution < -0.4 is 5.32 Å². The molecule has 0 unspecified atom stereocenters. The summed E-state index contributed by atoms with van der Waals surface area (Å²) in [5.74, 6) is 1.40. The molecule has 202 valence electrons. The van der Waals surface area contributed by atoms with E-state index in [0.717, 1.165) is 64.0 Å². The first-order chi connectivity index (χ1) is 17.1. The standard InChI is InChI=1S/C29H47FN4O2/c1-21(2)18-26-28(35)34(17-13-31-26)27(19-22(3)4)29(36)33-15-11-23(12-16-33)10-14-32(5)20-24-6-8-25(30)9-7-24/h6-9,21-23,26-27,31H,10-20H2,1-5H3/t26-,27-/m0/s1. The molecule has 0 bridgehead atoms. The zero-order valence-electron chi connectivity index (χ0n) is 23.0. The van der Waals surface area contributed by atoms with Gasteiger partial charge in [-0.3, -0.25) is 9.59 Å². The summed E-state index contributed by atoms with van der Waals surface area (Å²) in [5, 5.41) is 3.37. The quantitative estimate of drug-likeness (QED) is 0.494. The van der Waals surface area contributed by atoms with Gasteiger partial charge < -0.3 is 20.0 Å². The number of hydrogen-bond acceptors (Lipinski definition) is 4. The van der Waals surface area contributed by atoms with Gasteiger partial charge in [0, 0.05) is 32.7 Å². The Morgan fingerprint density at radius 3 is 2.36 bits per heavy atom. The van der Waals surface area contributed by atoms with Gasteiger partial charge in [-0.2, -0.15) is 0 Å². The van der Waals surface area contributed by atoms with E-state index in [9.17, 15) is 14.0 Å². The van der Waals surface area contributed by atoms with Crippen molar-refractivity contribution < 1.29 is 14.0 Å². The highest BCUT2D eigenvalue weighted by Crippen LogP contribution is 2.25. The summed E-state index contributed by atoms with van der Waals surface area (Å²) in [6.45, 7) is 13.2. The maximum atomic E-state index is 13.7. The van der Waals surface area contributed by atoms with Crippen LogP contribution in [0.3, 0.4) is 0 Å². The first-order valence-electron chi connectivity index (χ1n) is 13.9. The topological polar surface area (TPSA) is 55.9 Å². The minimum atomic E-state index is -0.354. The monoisotopic (exact) mass is 502 g/mol. The van der Waals surface area contributed by atoms with Gasteiger partial charge >= 0.3 is 0 Å². The summed E-state index contributed by atoms with van der Waals surface area (Å²) in [6, 6.07) is 6.18. The smallest absolute Gasteiger partial charge is 0.245 e. The second kappa shape index (κ2) is 13.5. The molecule has 2 aliphatic rings. The largest absolute Gasteiger partial charge is 0.341 e. The van der Waals surface area contributed by atoms with Gasteiger partial charge in [-0.05, 0) is 81.1 Å². The number of nitrogens with one attached hydrogen (secondary N) is 1. The van der Waals surface area contributed by atoms with Gasteiger partial charge in [0.2, 0.25) is 11.8 Å². The van der Waals surface area contributed by atoms with Crippen molar-refractivity contribution in [3.63, 3.8) is 0 Å². The van der Waals surface area contributed by atoms with Crippen molar-refractivity contribution in [3.05, 3.63) is 35.6 Å². The second-order valence-corrected chi connectivity index (χ2v) is 11.7. The molecule has 2 atom stereocenters. The van der Waals surface area contributed by atoms with Gasteiger partial charge in [-0.1, -0.05) is 39.8 Å². The van der Waals surface area contributed by atoms with Gasteiger partial charge in [0.15, 0.2) is 0 Å². The minimum absolute atomic E-state index is 0.0908. The lowest BCUT2D eigenvalue weighted by molar-refractivity contribution is -0.150. The van der Waals surface area contributed by atoms with Crippen LogP contribution in [0.1, 0.15) is 65.4 Å². The first kappa shape index (κ1) is 28.6. The fourth-order valence-corrected chi connectivity index (χ4v) is 5.57. The Balaban J connectivity index is 1.51. The average Bonchev–Trinajstić information content (AvgIpc) is 2.84. The lowest BCUT2D eigenvalue weighted by Gasteiger charge is -2.42. The van der Waals surface area contributed by atoms with Gasteiger partial charge in [-0.15, -0.1) is 0 Å². The summed E-state index contributed by atoms with van der Waals surface area (Å²) in [6.07, 6.45) is 4.64. The fraction of sp³-hybridized carbons (Fsp3) is 0.724. The molecule has 0 saturated carbocycles. The number of piperidine rings is 1. The molecule has 1 aromatic rings. The minimum Gasteiger partial charge on any atom is -0.341 e. The Hall–Kier alpha value is -1.99. The summed E-state index contributed by atoms with van der Waals surface area (Å²) in [4.78, 5) is 33.1. The number of nitrogens with zero attached hydrogens (tertiary/aromatic N) is 3. The van der Waals surface area contributed by atoms with Crippen LogP contribution in [0.25, 0.3) is 0 Å². The zero-order valence-corrected chi connectivity index (χ0v) is 23.0. The van der Waals surface area contributed by atoms with E-state index >= 15 is 0 Å². The molecule has 0 spiro atoms. The molecule has 2 aliphatic heterocycles. The van der Waals surface area contributed by atoms with Crippen LogP contribution >= 0.6 is 0 Å². The molecular weight excluding hydrogens is 455 g/mol. The number of benzene rings is 1. The number of amides is 2. The molecule has 1 N–H and O–H groups in total. The number of likely N-dealkylation sites (tertiary alicyclic amines) is 1. The second-order valence-electron chi connectivity index (χ2n) is 11.7. The number of hydrogen-bond donors (Lipinski definition) is 1. The van der Waals surface area contributed by atoms with Crippen molar-refractivity contribution in [2.75, 3.05) is 39.8 Å². The fourth-order valence-electron chi connectivity index (χ4n) is 5.57. The number of piperazine rings is 1. The highest BCUT2D eigenvalue weighted by molar-refractivity contribution is 5.90. The Morgan fingerprint density at radius 1 is 1.08 bits per heavy atom.